The van der Waals surface area contributed by atoms with Crippen molar-refractivity contribution >= 4 is 5.91 Å². The van der Waals surface area contributed by atoms with Gasteiger partial charge in [0.05, 0.1) is 12.0 Å². The van der Waals surface area contributed by atoms with E-state index in [4.69, 9.17) is 9.26 Å². The lowest BCUT2D eigenvalue weighted by Crippen LogP contribution is -2.35. The lowest BCUT2D eigenvalue weighted by molar-refractivity contribution is 0.0770. The van der Waals surface area contributed by atoms with Crippen molar-refractivity contribution in [3.63, 3.8) is 0 Å². The summed E-state index contributed by atoms with van der Waals surface area (Å²) >= 11 is 0. The number of hydrogen-bond donors (Lipinski definition) is 0. The van der Waals surface area contributed by atoms with Gasteiger partial charge in [0.1, 0.15) is 11.5 Å². The Morgan fingerprint density at radius 3 is 3.04 bits per heavy atom. The summed E-state index contributed by atoms with van der Waals surface area (Å²) < 4.78 is 11.2. The van der Waals surface area contributed by atoms with Crippen molar-refractivity contribution in [3.05, 3.63) is 46.8 Å². The molecule has 5 rings (SSSR count). The number of fused-ring (bicyclic) bond motifs is 2. The van der Waals surface area contributed by atoms with Crippen molar-refractivity contribution in [3.8, 4) is 5.75 Å². The summed E-state index contributed by atoms with van der Waals surface area (Å²) in [7, 11) is 0. The highest BCUT2D eigenvalue weighted by atomic mass is 16.5. The van der Waals surface area contributed by atoms with Gasteiger partial charge < -0.3 is 14.2 Å². The van der Waals surface area contributed by atoms with Gasteiger partial charge in [-0.15, -0.1) is 0 Å². The largest absolute Gasteiger partial charge is 0.492 e. The maximum absolute atomic E-state index is 12.8. The van der Waals surface area contributed by atoms with E-state index in [9.17, 15) is 4.79 Å². The molecule has 0 N–H and O–H groups in total. The van der Waals surface area contributed by atoms with Crippen molar-refractivity contribution < 1.29 is 14.1 Å². The van der Waals surface area contributed by atoms with Crippen molar-refractivity contribution in [2.24, 2.45) is 0 Å². The average molecular weight is 324 g/mol. The number of aryl methyl sites for hydroxylation is 1. The zero-order chi connectivity index (χ0) is 16.3. The van der Waals surface area contributed by atoms with Gasteiger partial charge in [-0.1, -0.05) is 22.9 Å². The number of carbonyl (C=O) groups excluding carboxylic acids is 1. The van der Waals surface area contributed by atoms with Crippen molar-refractivity contribution in [2.75, 3.05) is 19.7 Å². The molecule has 3 heterocycles. The molecule has 5 nitrogen and oxygen atoms in total. The molecule has 2 aromatic rings. The molecule has 1 aromatic heterocycles. The number of benzene rings is 1. The Labute approximate surface area is 140 Å². The molecule has 2 fully saturated rings. The van der Waals surface area contributed by atoms with Crippen LogP contribution in [-0.2, 0) is 5.41 Å². The SMILES string of the molecule is Cc1ccc2c(c1)C1(CCN(C(=O)c3cc(C4CC4)on3)C1)CO2. The van der Waals surface area contributed by atoms with E-state index in [1.54, 1.807) is 0 Å². The van der Waals surface area contributed by atoms with Crippen molar-refractivity contribution in [2.45, 2.75) is 37.5 Å². The lowest BCUT2D eigenvalue weighted by atomic mass is 9.81. The molecule has 1 amide bonds. The molecule has 5 heteroatoms. The van der Waals surface area contributed by atoms with Crippen LogP contribution in [0.25, 0.3) is 0 Å². The van der Waals surface area contributed by atoms with E-state index in [1.165, 1.54) is 11.1 Å². The topological polar surface area (TPSA) is 55.6 Å². The van der Waals surface area contributed by atoms with Crippen LogP contribution in [0.2, 0.25) is 0 Å². The first-order valence-electron chi connectivity index (χ1n) is 8.64. The van der Waals surface area contributed by atoms with Crippen LogP contribution in [0, 0.1) is 6.92 Å². The fourth-order valence-corrected chi connectivity index (χ4v) is 3.97. The summed E-state index contributed by atoms with van der Waals surface area (Å²) in [6.07, 6.45) is 3.22. The van der Waals surface area contributed by atoms with E-state index in [2.05, 4.69) is 24.2 Å². The average Bonchev–Trinajstić information content (AvgIpc) is 3.05. The Morgan fingerprint density at radius 2 is 2.21 bits per heavy atom. The maximum atomic E-state index is 12.8. The first-order chi connectivity index (χ1) is 11.6. The number of amides is 1. The van der Waals surface area contributed by atoms with Gasteiger partial charge >= 0.3 is 0 Å². The summed E-state index contributed by atoms with van der Waals surface area (Å²) in [5, 5.41) is 4.00. The minimum Gasteiger partial charge on any atom is -0.492 e. The first-order valence-corrected chi connectivity index (χ1v) is 8.64. The van der Waals surface area contributed by atoms with Gasteiger partial charge in [0.15, 0.2) is 5.69 Å². The monoisotopic (exact) mass is 324 g/mol. The second-order valence-corrected chi connectivity index (χ2v) is 7.43. The Balaban J connectivity index is 1.39. The van der Waals surface area contributed by atoms with E-state index >= 15 is 0 Å². The van der Waals surface area contributed by atoms with E-state index in [1.807, 2.05) is 17.0 Å². The van der Waals surface area contributed by atoms with Crippen LogP contribution in [0.4, 0.5) is 0 Å². The van der Waals surface area contributed by atoms with E-state index in [0.29, 0.717) is 24.8 Å². The minimum atomic E-state index is -0.0694. The van der Waals surface area contributed by atoms with Crippen LogP contribution in [0.3, 0.4) is 0 Å². The summed E-state index contributed by atoms with van der Waals surface area (Å²) in [4.78, 5) is 14.7. The molecule has 3 aliphatic rings. The number of ether oxygens (including phenoxy) is 1. The fourth-order valence-electron chi connectivity index (χ4n) is 3.97. The zero-order valence-corrected chi connectivity index (χ0v) is 13.7. The van der Waals surface area contributed by atoms with Gasteiger partial charge in [0.2, 0.25) is 0 Å². The Bertz CT molecular complexity index is 824. The first kappa shape index (κ1) is 14.1. The second-order valence-electron chi connectivity index (χ2n) is 7.43. The third kappa shape index (κ3) is 2.07. The van der Waals surface area contributed by atoms with Crippen LogP contribution < -0.4 is 4.74 Å². The van der Waals surface area contributed by atoms with Crippen LogP contribution in [0.5, 0.6) is 5.75 Å². The molecule has 1 unspecified atom stereocenters. The Kier molecular flexibility index (Phi) is 2.84. The normalized spacial score (nSPS) is 25.1. The number of nitrogens with zero attached hydrogens (tertiary/aromatic N) is 2. The quantitative estimate of drug-likeness (QED) is 0.852. The number of rotatable bonds is 2. The molecule has 0 bridgehead atoms. The number of aromatic nitrogens is 1. The number of hydrogen-bond acceptors (Lipinski definition) is 4. The molecule has 1 saturated carbocycles. The summed E-state index contributed by atoms with van der Waals surface area (Å²) in [5.74, 6) is 2.27. The third-order valence-corrected chi connectivity index (χ3v) is 5.58. The predicted molar refractivity (Wildman–Crippen MR) is 87.4 cm³/mol. The van der Waals surface area contributed by atoms with Gasteiger partial charge in [-0.3, -0.25) is 4.79 Å². The molecule has 1 saturated heterocycles. The standard InChI is InChI=1S/C19H20N2O3/c1-12-2-5-16-14(8-12)19(11-23-16)6-7-21(10-19)18(22)15-9-17(24-20-15)13-3-4-13/h2,5,8-9,13H,3-4,6-7,10-11H2,1H3. The van der Waals surface area contributed by atoms with Gasteiger partial charge in [0, 0.05) is 30.6 Å². The van der Waals surface area contributed by atoms with E-state index in [-0.39, 0.29) is 11.3 Å². The molecule has 0 radical (unpaired) electrons. The highest BCUT2D eigenvalue weighted by Gasteiger charge is 2.47. The molecule has 124 valence electrons. The molecular formula is C19H20N2O3. The van der Waals surface area contributed by atoms with Crippen molar-refractivity contribution in [1.82, 2.24) is 10.1 Å². The fraction of sp³-hybridized carbons (Fsp3) is 0.474. The molecule has 24 heavy (non-hydrogen) atoms. The third-order valence-electron chi connectivity index (χ3n) is 5.58. The summed E-state index contributed by atoms with van der Waals surface area (Å²) in [5.41, 5.74) is 2.85. The van der Waals surface area contributed by atoms with Crippen LogP contribution in [-0.4, -0.2) is 35.7 Å². The molecule has 2 aliphatic heterocycles. The van der Waals surface area contributed by atoms with Gasteiger partial charge in [0.25, 0.3) is 5.91 Å². The number of carbonyl (C=O) groups is 1. The van der Waals surface area contributed by atoms with E-state index < -0.39 is 0 Å². The highest BCUT2D eigenvalue weighted by molar-refractivity contribution is 5.92. The molecule has 1 spiro atoms. The molecular weight excluding hydrogens is 304 g/mol. The van der Waals surface area contributed by atoms with Gasteiger partial charge in [-0.2, -0.15) is 0 Å². The Hall–Kier alpha value is -2.30. The zero-order valence-electron chi connectivity index (χ0n) is 13.7. The predicted octanol–water partition coefficient (Wildman–Crippen LogP) is 3.04. The summed E-state index contributed by atoms with van der Waals surface area (Å²) in [6.45, 7) is 4.18. The van der Waals surface area contributed by atoms with Gasteiger partial charge in [-0.25, -0.2) is 0 Å². The van der Waals surface area contributed by atoms with Crippen LogP contribution >= 0.6 is 0 Å². The Morgan fingerprint density at radius 1 is 1.33 bits per heavy atom. The second kappa shape index (κ2) is 4.85. The number of likely N-dealkylation sites (tertiary alicyclic amines) is 1. The molecule has 1 aromatic carbocycles. The van der Waals surface area contributed by atoms with Crippen LogP contribution in [0.1, 0.15) is 52.6 Å². The van der Waals surface area contributed by atoms with Crippen molar-refractivity contribution in [1.29, 1.82) is 0 Å². The van der Waals surface area contributed by atoms with Crippen LogP contribution in [0.15, 0.2) is 28.8 Å². The minimum absolute atomic E-state index is 0.0244. The molecule has 1 aliphatic carbocycles. The van der Waals surface area contributed by atoms with Gasteiger partial charge in [-0.05, 0) is 32.3 Å². The smallest absolute Gasteiger partial charge is 0.276 e. The molecule has 1 atom stereocenters. The maximum Gasteiger partial charge on any atom is 0.276 e. The summed E-state index contributed by atoms with van der Waals surface area (Å²) in [6, 6.07) is 8.15. The van der Waals surface area contributed by atoms with E-state index in [0.717, 1.165) is 37.3 Å². The highest BCUT2D eigenvalue weighted by Crippen LogP contribution is 2.45. The lowest BCUT2D eigenvalue weighted by Gasteiger charge is -2.22.